The van der Waals surface area contributed by atoms with Gasteiger partial charge in [-0.15, -0.1) is 0 Å². The van der Waals surface area contributed by atoms with Gasteiger partial charge in [0.05, 0.1) is 4.90 Å². The van der Waals surface area contributed by atoms with E-state index < -0.39 is 10.1 Å². The Kier molecular flexibility index (Phi) is 13.5. The van der Waals surface area contributed by atoms with Crippen LogP contribution in [-0.4, -0.2) is 13.0 Å². The Bertz CT molecular complexity index is 866. The van der Waals surface area contributed by atoms with Gasteiger partial charge in [0.2, 0.25) is 0 Å². The molecule has 0 saturated carbocycles. The number of rotatable bonds is 14. The van der Waals surface area contributed by atoms with Gasteiger partial charge in [0.1, 0.15) is 11.5 Å². The van der Waals surface area contributed by atoms with Gasteiger partial charge in [-0.3, -0.25) is 4.55 Å². The first-order valence-corrected chi connectivity index (χ1v) is 12.4. The first-order valence-electron chi connectivity index (χ1n) is 11.0. The van der Waals surface area contributed by atoms with Crippen LogP contribution < -0.4 is 39.4 Å². The van der Waals surface area contributed by atoms with Crippen LogP contribution in [0.1, 0.15) is 76.7 Å². The third-order valence-corrected chi connectivity index (χ3v) is 6.04. The Morgan fingerprint density at radius 1 is 0.839 bits per heavy atom. The van der Waals surface area contributed by atoms with Gasteiger partial charge in [-0.1, -0.05) is 82.6 Å². The molecule has 0 heterocycles. The number of ether oxygens (including phenoxy) is 1. The van der Waals surface area contributed by atoms with E-state index in [2.05, 4.69) is 6.92 Å². The van der Waals surface area contributed by atoms with E-state index in [4.69, 9.17) is 9.29 Å². The summed E-state index contributed by atoms with van der Waals surface area (Å²) in [7, 11) is -4.25. The van der Waals surface area contributed by atoms with E-state index in [-0.39, 0.29) is 46.0 Å². The average molecular weight is 457 g/mol. The molecule has 5 nitrogen and oxygen atoms in total. The summed E-state index contributed by atoms with van der Waals surface area (Å²) in [6, 6.07) is 10.4. The SMILES string of the molecule is CCCCCCCCCCCCc1ccc([O-])c(Oc2ccc(S(=O)(=O)O)cc2)c1.[Na+]. The molecule has 0 aliphatic carbocycles. The van der Waals surface area contributed by atoms with Crippen molar-refractivity contribution in [2.75, 3.05) is 0 Å². The van der Waals surface area contributed by atoms with Crippen LogP contribution in [0, 0.1) is 0 Å². The van der Waals surface area contributed by atoms with E-state index in [1.807, 2.05) is 6.07 Å². The molecule has 0 radical (unpaired) electrons. The zero-order chi connectivity index (χ0) is 21.8. The van der Waals surface area contributed by atoms with E-state index in [1.165, 1.54) is 88.1 Å². The van der Waals surface area contributed by atoms with Gasteiger partial charge in [-0.05, 0) is 48.7 Å². The number of unbranched alkanes of at least 4 members (excludes halogenated alkanes) is 9. The summed E-state index contributed by atoms with van der Waals surface area (Å²) in [6.07, 6.45) is 13.7. The molecule has 0 amide bonds. The van der Waals surface area contributed by atoms with Gasteiger partial charge < -0.3 is 9.84 Å². The van der Waals surface area contributed by atoms with E-state index in [9.17, 15) is 13.5 Å². The minimum Gasteiger partial charge on any atom is -0.870 e. The third-order valence-electron chi connectivity index (χ3n) is 5.18. The maximum atomic E-state index is 12.1. The molecule has 31 heavy (non-hydrogen) atoms. The monoisotopic (exact) mass is 456 g/mol. The van der Waals surface area contributed by atoms with Crippen LogP contribution in [0.25, 0.3) is 0 Å². The molecule has 7 heteroatoms. The fourth-order valence-corrected chi connectivity index (χ4v) is 3.89. The molecule has 2 aromatic rings. The fourth-order valence-electron chi connectivity index (χ4n) is 3.41. The van der Waals surface area contributed by atoms with Gasteiger partial charge in [0.25, 0.3) is 10.1 Å². The molecular weight excluding hydrogens is 423 g/mol. The maximum Gasteiger partial charge on any atom is 1.00 e. The van der Waals surface area contributed by atoms with Gasteiger partial charge in [-0.25, -0.2) is 0 Å². The Hall–Kier alpha value is -1.05. The number of benzene rings is 2. The van der Waals surface area contributed by atoms with Crippen molar-refractivity contribution in [2.24, 2.45) is 0 Å². The molecule has 0 bridgehead atoms. The van der Waals surface area contributed by atoms with Crippen molar-refractivity contribution >= 4 is 10.1 Å². The minimum atomic E-state index is -4.25. The first-order chi connectivity index (χ1) is 14.4. The summed E-state index contributed by atoms with van der Waals surface area (Å²) in [5, 5.41) is 12.1. The topological polar surface area (TPSA) is 86.7 Å². The molecule has 1 N–H and O–H groups in total. The zero-order valence-electron chi connectivity index (χ0n) is 18.8. The van der Waals surface area contributed by atoms with Crippen molar-refractivity contribution in [3.8, 4) is 17.2 Å². The average Bonchev–Trinajstić information content (AvgIpc) is 2.71. The molecule has 0 saturated heterocycles. The van der Waals surface area contributed by atoms with E-state index in [1.54, 1.807) is 6.07 Å². The van der Waals surface area contributed by atoms with Crippen LogP contribution in [0.15, 0.2) is 47.4 Å². The predicted octanol–water partition coefficient (Wildman–Crippen LogP) is 3.27. The normalized spacial score (nSPS) is 11.2. The van der Waals surface area contributed by atoms with Crippen molar-refractivity contribution in [1.82, 2.24) is 0 Å². The Balaban J connectivity index is 0.00000480. The summed E-state index contributed by atoms with van der Waals surface area (Å²) in [5.74, 6) is 0.343. The van der Waals surface area contributed by atoms with Crippen LogP contribution in [-0.2, 0) is 16.5 Å². The van der Waals surface area contributed by atoms with Crippen molar-refractivity contribution < 1.29 is 52.4 Å². The van der Waals surface area contributed by atoms with Crippen molar-refractivity contribution in [3.05, 3.63) is 48.0 Å². The first kappa shape index (κ1) is 28.0. The van der Waals surface area contributed by atoms with Gasteiger partial charge >= 0.3 is 29.6 Å². The van der Waals surface area contributed by atoms with Crippen LogP contribution in [0.5, 0.6) is 17.2 Å². The molecule has 0 aliphatic heterocycles. The Morgan fingerprint density at radius 2 is 1.39 bits per heavy atom. The molecule has 0 spiro atoms. The van der Waals surface area contributed by atoms with Crippen LogP contribution in [0.3, 0.4) is 0 Å². The summed E-state index contributed by atoms with van der Waals surface area (Å²) in [5.41, 5.74) is 1.05. The maximum absolute atomic E-state index is 12.1. The molecule has 2 rings (SSSR count). The number of hydrogen-bond acceptors (Lipinski definition) is 4. The summed E-state index contributed by atoms with van der Waals surface area (Å²) < 4.78 is 36.9. The summed E-state index contributed by atoms with van der Waals surface area (Å²) >= 11 is 0. The number of aryl methyl sites for hydroxylation is 1. The second-order valence-electron chi connectivity index (χ2n) is 7.76. The number of hydrogen-bond donors (Lipinski definition) is 1. The smallest absolute Gasteiger partial charge is 0.870 e. The molecule has 166 valence electrons. The largest absolute Gasteiger partial charge is 1.00 e. The predicted molar refractivity (Wildman–Crippen MR) is 118 cm³/mol. The second-order valence-corrected chi connectivity index (χ2v) is 9.18. The zero-order valence-corrected chi connectivity index (χ0v) is 21.6. The molecular formula is C24H33NaO5S. The second kappa shape index (κ2) is 14.9. The molecule has 0 fully saturated rings. The molecule has 0 aliphatic rings. The van der Waals surface area contributed by atoms with Gasteiger partial charge in [-0.2, -0.15) is 8.42 Å². The van der Waals surface area contributed by atoms with Gasteiger partial charge in [0, 0.05) is 0 Å². The minimum absolute atomic E-state index is 0. The third kappa shape index (κ3) is 10.9. The van der Waals surface area contributed by atoms with Crippen LogP contribution in [0.4, 0.5) is 0 Å². The Morgan fingerprint density at radius 3 is 1.94 bits per heavy atom. The quantitative estimate of drug-likeness (QED) is 0.268. The standard InChI is InChI=1S/C24H34O5S.Na/c1-2-3-4-5-6-7-8-9-10-11-12-20-13-18-23(25)24(19-20)29-21-14-16-22(17-15-21)30(26,27)28;/h13-19,25H,2-12H2,1H3,(H,26,27,28);/q;+1/p-1. The van der Waals surface area contributed by atoms with E-state index in [0.29, 0.717) is 5.75 Å². The summed E-state index contributed by atoms with van der Waals surface area (Å²) in [4.78, 5) is -0.216. The van der Waals surface area contributed by atoms with Crippen molar-refractivity contribution in [1.29, 1.82) is 0 Å². The Labute approximate surface area is 209 Å². The van der Waals surface area contributed by atoms with Crippen molar-refractivity contribution in [3.63, 3.8) is 0 Å². The molecule has 0 unspecified atom stereocenters. The van der Waals surface area contributed by atoms with Crippen LogP contribution in [0.2, 0.25) is 0 Å². The molecule has 0 atom stereocenters. The molecule has 0 aromatic heterocycles. The summed E-state index contributed by atoms with van der Waals surface area (Å²) in [6.45, 7) is 2.24. The van der Waals surface area contributed by atoms with E-state index in [0.717, 1.165) is 18.4 Å². The van der Waals surface area contributed by atoms with Crippen molar-refractivity contribution in [2.45, 2.75) is 82.4 Å². The van der Waals surface area contributed by atoms with Crippen LogP contribution >= 0.6 is 0 Å². The fraction of sp³-hybridized carbons (Fsp3) is 0.500. The van der Waals surface area contributed by atoms with Gasteiger partial charge in [0.15, 0.2) is 0 Å². The molecule has 2 aromatic carbocycles. The van der Waals surface area contributed by atoms with E-state index >= 15 is 0 Å².